The van der Waals surface area contributed by atoms with Gasteiger partial charge in [0.1, 0.15) is 5.82 Å². The molecule has 0 aromatic carbocycles. The number of nitrogens with zero attached hydrogens (tertiary/aromatic N) is 5. The molecule has 0 radical (unpaired) electrons. The molecule has 3 aromatic rings. The first-order valence-electron chi connectivity index (χ1n) is 8.15. The van der Waals surface area contributed by atoms with Crippen molar-refractivity contribution in [2.75, 3.05) is 13.1 Å². The number of nitrogens with one attached hydrogen (secondary N) is 1. The summed E-state index contributed by atoms with van der Waals surface area (Å²) in [4.78, 5) is 15.0. The van der Waals surface area contributed by atoms with E-state index in [0.29, 0.717) is 5.92 Å². The van der Waals surface area contributed by atoms with Gasteiger partial charge in [-0.3, -0.25) is 4.90 Å². The molecule has 1 aliphatic rings. The number of likely N-dealkylation sites (tertiary alicyclic amines) is 1. The van der Waals surface area contributed by atoms with Crippen LogP contribution in [0.1, 0.15) is 40.8 Å². The SMILES string of the molecule is Cc1cc(C)n2ncc(CN3CC[C@@H](c4ncc(C)[nH]4)C3)c2n1. The molecular weight excluding hydrogens is 288 g/mol. The van der Waals surface area contributed by atoms with E-state index in [2.05, 4.69) is 44.9 Å². The average molecular weight is 310 g/mol. The second-order valence-corrected chi connectivity index (χ2v) is 6.62. The summed E-state index contributed by atoms with van der Waals surface area (Å²) >= 11 is 0. The predicted octanol–water partition coefficient (Wildman–Crippen LogP) is 2.37. The number of fused-ring (bicyclic) bond motifs is 1. The van der Waals surface area contributed by atoms with Gasteiger partial charge in [-0.1, -0.05) is 0 Å². The fourth-order valence-electron chi connectivity index (χ4n) is 3.51. The minimum absolute atomic E-state index is 0.502. The van der Waals surface area contributed by atoms with Crippen molar-refractivity contribution < 1.29 is 0 Å². The van der Waals surface area contributed by atoms with Crippen LogP contribution in [0.5, 0.6) is 0 Å². The molecule has 0 bridgehead atoms. The fourth-order valence-corrected chi connectivity index (χ4v) is 3.51. The van der Waals surface area contributed by atoms with Gasteiger partial charge in [0.15, 0.2) is 5.65 Å². The van der Waals surface area contributed by atoms with Crippen LogP contribution in [-0.2, 0) is 6.54 Å². The second kappa shape index (κ2) is 5.45. The molecule has 120 valence electrons. The summed E-state index contributed by atoms with van der Waals surface area (Å²) in [5.41, 5.74) is 5.50. The van der Waals surface area contributed by atoms with Crippen LogP contribution in [-0.4, -0.2) is 42.6 Å². The monoisotopic (exact) mass is 310 g/mol. The number of rotatable bonds is 3. The lowest BCUT2D eigenvalue weighted by Gasteiger charge is -2.14. The van der Waals surface area contributed by atoms with Gasteiger partial charge in [-0.15, -0.1) is 0 Å². The third kappa shape index (κ3) is 2.63. The van der Waals surface area contributed by atoms with Gasteiger partial charge in [0.2, 0.25) is 0 Å². The minimum atomic E-state index is 0.502. The molecule has 4 rings (SSSR count). The Morgan fingerprint density at radius 3 is 2.91 bits per heavy atom. The van der Waals surface area contributed by atoms with Crippen LogP contribution in [0.15, 0.2) is 18.5 Å². The maximum absolute atomic E-state index is 4.67. The summed E-state index contributed by atoms with van der Waals surface area (Å²) in [7, 11) is 0. The molecule has 0 aliphatic carbocycles. The molecule has 1 N–H and O–H groups in total. The van der Waals surface area contributed by atoms with Crippen molar-refractivity contribution in [2.45, 2.75) is 39.7 Å². The molecule has 1 atom stereocenters. The molecule has 3 aromatic heterocycles. The molecule has 0 spiro atoms. The van der Waals surface area contributed by atoms with E-state index in [1.165, 1.54) is 5.56 Å². The Balaban J connectivity index is 1.53. The van der Waals surface area contributed by atoms with Gasteiger partial charge >= 0.3 is 0 Å². The van der Waals surface area contributed by atoms with Crippen molar-refractivity contribution in [2.24, 2.45) is 0 Å². The van der Waals surface area contributed by atoms with E-state index >= 15 is 0 Å². The van der Waals surface area contributed by atoms with Gasteiger partial charge in [0.25, 0.3) is 0 Å². The van der Waals surface area contributed by atoms with Crippen LogP contribution in [0.25, 0.3) is 5.65 Å². The molecule has 1 aliphatic heterocycles. The maximum atomic E-state index is 4.67. The first-order chi connectivity index (χ1) is 11.1. The largest absolute Gasteiger partial charge is 0.346 e. The molecule has 4 heterocycles. The summed E-state index contributed by atoms with van der Waals surface area (Å²) in [5.74, 6) is 1.62. The van der Waals surface area contributed by atoms with E-state index in [1.54, 1.807) is 0 Å². The smallest absolute Gasteiger partial charge is 0.159 e. The second-order valence-electron chi connectivity index (χ2n) is 6.62. The predicted molar refractivity (Wildman–Crippen MR) is 88.4 cm³/mol. The molecular formula is C17H22N6. The highest BCUT2D eigenvalue weighted by Gasteiger charge is 2.26. The molecule has 6 nitrogen and oxygen atoms in total. The van der Waals surface area contributed by atoms with E-state index < -0.39 is 0 Å². The number of hydrogen-bond donors (Lipinski definition) is 1. The average Bonchev–Trinajstić information content (AvgIpc) is 3.20. The Morgan fingerprint density at radius 2 is 2.13 bits per heavy atom. The van der Waals surface area contributed by atoms with E-state index in [0.717, 1.165) is 54.6 Å². The molecule has 0 amide bonds. The number of imidazole rings is 1. The Bertz CT molecular complexity index is 846. The normalized spacial score (nSPS) is 19.0. The Labute approximate surface area is 135 Å². The zero-order valence-corrected chi connectivity index (χ0v) is 13.9. The number of aromatic nitrogens is 5. The van der Waals surface area contributed by atoms with Crippen molar-refractivity contribution in [3.8, 4) is 0 Å². The summed E-state index contributed by atoms with van der Waals surface area (Å²) in [6.07, 6.45) is 5.02. The Hall–Kier alpha value is -2.21. The third-order valence-corrected chi connectivity index (χ3v) is 4.63. The standard InChI is InChI=1S/C17H22N6/c1-11-6-13(3)23-17(21-11)15(8-19-23)10-22-5-4-14(9-22)16-18-7-12(2)20-16/h6-8,14H,4-5,9-10H2,1-3H3,(H,18,20)/t14-/m1/s1. The van der Waals surface area contributed by atoms with Crippen molar-refractivity contribution in [3.05, 3.63) is 46.9 Å². The van der Waals surface area contributed by atoms with E-state index in [9.17, 15) is 0 Å². The lowest BCUT2D eigenvalue weighted by molar-refractivity contribution is 0.327. The fraction of sp³-hybridized carbons (Fsp3) is 0.471. The van der Waals surface area contributed by atoms with Gasteiger partial charge in [-0.2, -0.15) is 5.10 Å². The van der Waals surface area contributed by atoms with Crippen molar-refractivity contribution >= 4 is 5.65 Å². The Kier molecular flexibility index (Phi) is 3.41. The molecule has 0 unspecified atom stereocenters. The van der Waals surface area contributed by atoms with E-state index in [-0.39, 0.29) is 0 Å². The van der Waals surface area contributed by atoms with Gasteiger partial charge in [-0.05, 0) is 39.8 Å². The van der Waals surface area contributed by atoms with Crippen molar-refractivity contribution in [3.63, 3.8) is 0 Å². The van der Waals surface area contributed by atoms with Crippen molar-refractivity contribution in [1.82, 2.24) is 29.5 Å². The Morgan fingerprint density at radius 1 is 1.26 bits per heavy atom. The van der Waals surface area contributed by atoms with Crippen LogP contribution in [0.3, 0.4) is 0 Å². The van der Waals surface area contributed by atoms with Gasteiger partial charge < -0.3 is 4.98 Å². The highest BCUT2D eigenvalue weighted by atomic mass is 15.3. The number of aryl methyl sites for hydroxylation is 3. The summed E-state index contributed by atoms with van der Waals surface area (Å²) in [5, 5.41) is 4.49. The van der Waals surface area contributed by atoms with Crippen LogP contribution in [0.2, 0.25) is 0 Å². The van der Waals surface area contributed by atoms with Gasteiger partial charge in [0, 0.05) is 47.8 Å². The van der Waals surface area contributed by atoms with Crippen LogP contribution in [0, 0.1) is 20.8 Å². The first-order valence-corrected chi connectivity index (χ1v) is 8.15. The quantitative estimate of drug-likeness (QED) is 0.807. The topological polar surface area (TPSA) is 62.1 Å². The molecule has 23 heavy (non-hydrogen) atoms. The summed E-state index contributed by atoms with van der Waals surface area (Å²) < 4.78 is 1.94. The highest BCUT2D eigenvalue weighted by Crippen LogP contribution is 2.27. The summed E-state index contributed by atoms with van der Waals surface area (Å²) in [6.45, 7) is 9.19. The zero-order chi connectivity index (χ0) is 16.0. The molecule has 0 saturated carbocycles. The maximum Gasteiger partial charge on any atom is 0.159 e. The molecule has 6 heteroatoms. The van der Waals surface area contributed by atoms with Crippen LogP contribution < -0.4 is 0 Å². The molecule has 1 fully saturated rings. The van der Waals surface area contributed by atoms with Gasteiger partial charge in [-0.25, -0.2) is 14.5 Å². The lowest BCUT2D eigenvalue weighted by Crippen LogP contribution is -2.20. The lowest BCUT2D eigenvalue weighted by atomic mass is 10.1. The zero-order valence-electron chi connectivity index (χ0n) is 13.9. The van der Waals surface area contributed by atoms with Gasteiger partial charge in [0.05, 0.1) is 6.20 Å². The number of H-pyrrole nitrogens is 1. The van der Waals surface area contributed by atoms with E-state index in [4.69, 9.17) is 0 Å². The van der Waals surface area contributed by atoms with Crippen LogP contribution in [0.4, 0.5) is 0 Å². The molecule has 1 saturated heterocycles. The first kappa shape index (κ1) is 14.4. The number of aromatic amines is 1. The van der Waals surface area contributed by atoms with Crippen molar-refractivity contribution in [1.29, 1.82) is 0 Å². The van der Waals surface area contributed by atoms with E-state index in [1.807, 2.05) is 23.8 Å². The summed E-state index contributed by atoms with van der Waals surface area (Å²) in [6, 6.07) is 2.06. The van der Waals surface area contributed by atoms with Crippen LogP contribution >= 0.6 is 0 Å². The minimum Gasteiger partial charge on any atom is -0.346 e. The third-order valence-electron chi connectivity index (χ3n) is 4.63. The number of hydrogen-bond acceptors (Lipinski definition) is 4. The highest BCUT2D eigenvalue weighted by molar-refractivity contribution is 5.47.